The third kappa shape index (κ3) is 3.82. The second-order valence-corrected chi connectivity index (χ2v) is 5.60. The smallest absolute Gasteiger partial charge is 0.161 e. The summed E-state index contributed by atoms with van der Waals surface area (Å²) in [5, 5.41) is 4.39. The Labute approximate surface area is 132 Å². The molecule has 0 saturated carbocycles. The fourth-order valence-electron chi connectivity index (χ4n) is 2.06. The van der Waals surface area contributed by atoms with Crippen molar-refractivity contribution in [2.75, 3.05) is 5.73 Å². The van der Waals surface area contributed by atoms with Crippen molar-refractivity contribution in [3.63, 3.8) is 0 Å². The average molecular weight is 348 g/mol. The first-order valence-corrected chi connectivity index (χ1v) is 7.58. The van der Waals surface area contributed by atoms with Crippen molar-refractivity contribution >= 4 is 33.5 Å². The number of nitrogens with two attached hydrogens (primary N) is 1. The van der Waals surface area contributed by atoms with Gasteiger partial charge in [0.1, 0.15) is 0 Å². The molecule has 0 aliphatic heterocycles. The van der Waals surface area contributed by atoms with Gasteiger partial charge in [0.2, 0.25) is 0 Å². The van der Waals surface area contributed by atoms with E-state index in [-0.39, 0.29) is 5.78 Å². The molecule has 0 unspecified atom stereocenters. The molecule has 1 aromatic carbocycles. The molecule has 1 heterocycles. The largest absolute Gasteiger partial charge is 0.399 e. The summed E-state index contributed by atoms with van der Waals surface area (Å²) in [6, 6.07) is 7.40. The lowest BCUT2D eigenvalue weighted by Gasteiger charge is -2.03. The summed E-state index contributed by atoms with van der Waals surface area (Å²) in [6.07, 6.45) is 3.73. The Balaban J connectivity index is 2.10. The van der Waals surface area contributed by atoms with Gasteiger partial charge in [0, 0.05) is 12.2 Å². The number of nitrogen functional groups attached to an aromatic ring is 1. The van der Waals surface area contributed by atoms with Crippen LogP contribution >= 0.6 is 15.9 Å². The normalized spacial score (nSPS) is 11.2. The standard InChI is InChI=1S/C16H18BrN3O/c1-3-20-15(16(17)11(2)19-20)10-14(21)9-6-12-4-7-13(18)8-5-12/h4-9H,3,10,18H2,1-2H3/b9-6+. The molecule has 0 atom stereocenters. The molecule has 0 bridgehead atoms. The van der Waals surface area contributed by atoms with Gasteiger partial charge >= 0.3 is 0 Å². The van der Waals surface area contributed by atoms with Gasteiger partial charge in [-0.1, -0.05) is 18.2 Å². The van der Waals surface area contributed by atoms with E-state index in [0.717, 1.165) is 28.0 Å². The molecule has 5 heteroatoms. The molecule has 0 spiro atoms. The Morgan fingerprint density at radius 2 is 2.05 bits per heavy atom. The van der Waals surface area contributed by atoms with Gasteiger partial charge < -0.3 is 5.73 Å². The number of anilines is 1. The van der Waals surface area contributed by atoms with E-state index in [2.05, 4.69) is 21.0 Å². The predicted molar refractivity (Wildman–Crippen MR) is 88.9 cm³/mol. The summed E-state index contributed by atoms with van der Waals surface area (Å²) >= 11 is 3.50. The molecular formula is C16H18BrN3O. The SMILES string of the molecule is CCn1nc(C)c(Br)c1CC(=O)/C=C/c1ccc(N)cc1. The summed E-state index contributed by atoms with van der Waals surface area (Å²) in [5.74, 6) is 0.0436. The quantitative estimate of drug-likeness (QED) is 0.666. The minimum atomic E-state index is 0.0436. The lowest BCUT2D eigenvalue weighted by Crippen LogP contribution is -2.08. The van der Waals surface area contributed by atoms with E-state index < -0.39 is 0 Å². The lowest BCUT2D eigenvalue weighted by atomic mass is 10.1. The summed E-state index contributed by atoms with van der Waals surface area (Å²) in [5.41, 5.74) is 9.12. The zero-order chi connectivity index (χ0) is 15.4. The highest BCUT2D eigenvalue weighted by Gasteiger charge is 2.14. The van der Waals surface area contributed by atoms with Crippen molar-refractivity contribution in [3.05, 3.63) is 51.8 Å². The van der Waals surface area contributed by atoms with Crippen molar-refractivity contribution in [1.29, 1.82) is 0 Å². The highest BCUT2D eigenvalue weighted by molar-refractivity contribution is 9.10. The number of ketones is 1. The molecule has 1 aromatic heterocycles. The summed E-state index contributed by atoms with van der Waals surface area (Å²) < 4.78 is 2.77. The molecule has 2 rings (SSSR count). The van der Waals surface area contributed by atoms with Crippen LogP contribution < -0.4 is 5.73 Å². The Morgan fingerprint density at radius 1 is 1.38 bits per heavy atom. The van der Waals surface area contributed by atoms with Crippen LogP contribution in [-0.4, -0.2) is 15.6 Å². The highest BCUT2D eigenvalue weighted by Crippen LogP contribution is 2.21. The van der Waals surface area contributed by atoms with Crippen molar-refractivity contribution in [3.8, 4) is 0 Å². The van der Waals surface area contributed by atoms with Crippen LogP contribution in [0.3, 0.4) is 0 Å². The minimum absolute atomic E-state index is 0.0436. The molecule has 0 radical (unpaired) electrons. The van der Waals surface area contributed by atoms with Gasteiger partial charge in [-0.15, -0.1) is 0 Å². The third-order valence-corrected chi connectivity index (χ3v) is 4.22. The molecule has 21 heavy (non-hydrogen) atoms. The maximum Gasteiger partial charge on any atom is 0.161 e. The Morgan fingerprint density at radius 3 is 2.67 bits per heavy atom. The van der Waals surface area contributed by atoms with E-state index in [1.165, 1.54) is 0 Å². The fourth-order valence-corrected chi connectivity index (χ4v) is 2.48. The summed E-state index contributed by atoms with van der Waals surface area (Å²) in [4.78, 5) is 12.1. The van der Waals surface area contributed by atoms with E-state index in [0.29, 0.717) is 12.1 Å². The highest BCUT2D eigenvalue weighted by atomic mass is 79.9. The zero-order valence-corrected chi connectivity index (χ0v) is 13.7. The number of nitrogens with zero attached hydrogens (tertiary/aromatic N) is 2. The van der Waals surface area contributed by atoms with Crippen LogP contribution in [0.15, 0.2) is 34.8 Å². The molecule has 4 nitrogen and oxygen atoms in total. The molecular weight excluding hydrogens is 330 g/mol. The van der Waals surface area contributed by atoms with Crippen LogP contribution in [0.25, 0.3) is 6.08 Å². The van der Waals surface area contributed by atoms with Crippen molar-refractivity contribution in [2.45, 2.75) is 26.8 Å². The van der Waals surface area contributed by atoms with Crippen molar-refractivity contribution < 1.29 is 4.79 Å². The van der Waals surface area contributed by atoms with Crippen LogP contribution in [0.2, 0.25) is 0 Å². The van der Waals surface area contributed by atoms with E-state index in [4.69, 9.17) is 5.73 Å². The van der Waals surface area contributed by atoms with E-state index >= 15 is 0 Å². The first-order chi connectivity index (χ1) is 10.0. The van der Waals surface area contributed by atoms with Gasteiger partial charge in [-0.05, 0) is 53.5 Å². The topological polar surface area (TPSA) is 60.9 Å². The van der Waals surface area contributed by atoms with Gasteiger partial charge in [-0.3, -0.25) is 9.48 Å². The van der Waals surface area contributed by atoms with Gasteiger partial charge in [-0.25, -0.2) is 0 Å². The average Bonchev–Trinajstić information content (AvgIpc) is 2.74. The molecule has 0 amide bonds. The second kappa shape index (κ2) is 6.72. The number of carbonyl (C=O) groups is 1. The number of rotatable bonds is 5. The number of carbonyl (C=O) groups excluding carboxylic acids is 1. The van der Waals surface area contributed by atoms with Crippen LogP contribution in [0.4, 0.5) is 5.69 Å². The van der Waals surface area contributed by atoms with Gasteiger partial charge in [0.15, 0.2) is 5.78 Å². The number of aromatic nitrogens is 2. The number of hydrogen-bond donors (Lipinski definition) is 1. The minimum Gasteiger partial charge on any atom is -0.399 e. The Kier molecular flexibility index (Phi) is 4.96. The molecule has 2 aromatic rings. The second-order valence-electron chi connectivity index (χ2n) is 4.80. The zero-order valence-electron chi connectivity index (χ0n) is 12.1. The van der Waals surface area contributed by atoms with Crippen LogP contribution in [0, 0.1) is 6.92 Å². The van der Waals surface area contributed by atoms with Gasteiger partial charge in [0.25, 0.3) is 0 Å². The number of halogens is 1. The van der Waals surface area contributed by atoms with Crippen molar-refractivity contribution in [2.24, 2.45) is 0 Å². The number of aryl methyl sites for hydroxylation is 2. The molecule has 110 valence electrons. The maximum absolute atomic E-state index is 12.1. The fraction of sp³-hybridized carbons (Fsp3) is 0.250. The lowest BCUT2D eigenvalue weighted by molar-refractivity contribution is -0.114. The van der Waals surface area contributed by atoms with Crippen LogP contribution in [0.1, 0.15) is 23.9 Å². The van der Waals surface area contributed by atoms with Crippen LogP contribution in [-0.2, 0) is 17.8 Å². The summed E-state index contributed by atoms with van der Waals surface area (Å²) in [7, 11) is 0. The Bertz CT molecular complexity index is 672. The van der Waals surface area contributed by atoms with Crippen molar-refractivity contribution in [1.82, 2.24) is 9.78 Å². The number of allylic oxidation sites excluding steroid dienone is 1. The first kappa shape index (κ1) is 15.5. The molecule has 0 saturated heterocycles. The monoisotopic (exact) mass is 347 g/mol. The number of benzene rings is 1. The molecule has 0 fully saturated rings. The van der Waals surface area contributed by atoms with E-state index in [9.17, 15) is 4.79 Å². The first-order valence-electron chi connectivity index (χ1n) is 6.79. The van der Waals surface area contributed by atoms with Gasteiger partial charge in [0.05, 0.1) is 22.3 Å². The van der Waals surface area contributed by atoms with E-state index in [1.54, 1.807) is 12.2 Å². The van der Waals surface area contributed by atoms with Crippen LogP contribution in [0.5, 0.6) is 0 Å². The molecule has 0 aliphatic rings. The number of hydrogen-bond acceptors (Lipinski definition) is 3. The van der Waals surface area contributed by atoms with Gasteiger partial charge in [-0.2, -0.15) is 5.10 Å². The third-order valence-electron chi connectivity index (χ3n) is 3.19. The summed E-state index contributed by atoms with van der Waals surface area (Å²) in [6.45, 7) is 4.68. The molecule has 2 N–H and O–H groups in total. The van der Waals surface area contributed by atoms with E-state index in [1.807, 2.05) is 42.8 Å². The maximum atomic E-state index is 12.1. The predicted octanol–water partition coefficient (Wildman–Crippen LogP) is 3.38. The Hall–Kier alpha value is -1.88. The molecule has 0 aliphatic carbocycles.